The summed E-state index contributed by atoms with van der Waals surface area (Å²) in [5.74, 6) is 1.89. The summed E-state index contributed by atoms with van der Waals surface area (Å²) in [6.07, 6.45) is 5.51. The lowest BCUT2D eigenvalue weighted by Crippen LogP contribution is -2.51. The Kier molecular flexibility index (Phi) is 5.30. The van der Waals surface area contributed by atoms with Crippen molar-refractivity contribution in [3.63, 3.8) is 0 Å². The van der Waals surface area contributed by atoms with Gasteiger partial charge in [0.15, 0.2) is 0 Å². The summed E-state index contributed by atoms with van der Waals surface area (Å²) < 4.78 is 5.51. The summed E-state index contributed by atoms with van der Waals surface area (Å²) >= 11 is 0. The number of rotatable bonds is 4. The minimum absolute atomic E-state index is 0.103. The summed E-state index contributed by atoms with van der Waals surface area (Å²) in [5, 5.41) is 3.74. The number of carbonyl (C=O) groups is 1. The fourth-order valence-corrected chi connectivity index (χ4v) is 5.34. The van der Waals surface area contributed by atoms with E-state index in [-0.39, 0.29) is 23.9 Å². The number of hydrogen-bond donors (Lipinski definition) is 1. The number of nitrogens with zero attached hydrogens (tertiary/aromatic N) is 2. The topological polar surface area (TPSA) is 54.5 Å². The highest BCUT2D eigenvalue weighted by Gasteiger charge is 2.47. The molecule has 3 heterocycles. The quantitative estimate of drug-likeness (QED) is 0.749. The van der Waals surface area contributed by atoms with Gasteiger partial charge in [0.25, 0.3) is 0 Å². The number of amides is 1. The normalized spacial score (nSPS) is 25.6. The first-order valence-electron chi connectivity index (χ1n) is 11.4. The third kappa shape index (κ3) is 3.87. The molecule has 3 atom stereocenters. The molecule has 5 heteroatoms. The third-order valence-electron chi connectivity index (χ3n) is 6.95. The number of hydrogen-bond acceptors (Lipinski definition) is 4. The molecule has 3 aliphatic rings. The summed E-state index contributed by atoms with van der Waals surface area (Å²) in [6.45, 7) is 7.44. The molecule has 0 bridgehead atoms. The van der Waals surface area contributed by atoms with E-state index in [4.69, 9.17) is 9.72 Å². The van der Waals surface area contributed by atoms with Crippen molar-refractivity contribution in [2.45, 2.75) is 52.1 Å². The molecule has 1 N–H and O–H groups in total. The van der Waals surface area contributed by atoms with E-state index in [1.807, 2.05) is 25.1 Å². The molecule has 2 aromatic rings. The molecule has 1 amide bonds. The van der Waals surface area contributed by atoms with Gasteiger partial charge >= 0.3 is 0 Å². The minimum atomic E-state index is 0.103. The number of aromatic nitrogens is 1. The van der Waals surface area contributed by atoms with Crippen LogP contribution in [0, 0.1) is 18.8 Å². The maximum Gasteiger partial charge on any atom is 0.224 e. The predicted octanol–water partition coefficient (Wildman–Crippen LogP) is 5.13. The molecule has 1 aromatic heterocycles. The van der Waals surface area contributed by atoms with Gasteiger partial charge in [0.1, 0.15) is 5.82 Å². The number of pyridine rings is 1. The zero-order chi connectivity index (χ0) is 21.5. The molecule has 5 nitrogen and oxygen atoms in total. The Hall–Kier alpha value is -2.66. The van der Waals surface area contributed by atoms with Crippen LogP contribution in [0.3, 0.4) is 0 Å². The van der Waals surface area contributed by atoms with Crippen LogP contribution in [0.25, 0.3) is 5.57 Å². The van der Waals surface area contributed by atoms with Gasteiger partial charge in [-0.15, -0.1) is 0 Å². The first kappa shape index (κ1) is 20.3. The lowest BCUT2D eigenvalue weighted by atomic mass is 9.79. The molecule has 31 heavy (non-hydrogen) atoms. The second kappa shape index (κ2) is 8.12. The maximum absolute atomic E-state index is 12.8. The number of fused-ring (bicyclic) bond motifs is 1. The van der Waals surface area contributed by atoms with Crippen molar-refractivity contribution in [2.75, 3.05) is 23.4 Å². The minimum Gasteiger partial charge on any atom is -0.377 e. The zero-order valence-corrected chi connectivity index (χ0v) is 18.6. The van der Waals surface area contributed by atoms with Gasteiger partial charge in [-0.2, -0.15) is 0 Å². The molecule has 1 fully saturated rings. The average molecular weight is 418 g/mol. The van der Waals surface area contributed by atoms with E-state index in [1.54, 1.807) is 6.92 Å². The van der Waals surface area contributed by atoms with Gasteiger partial charge in [0, 0.05) is 30.3 Å². The Bertz CT molecular complexity index is 1030. The first-order valence-corrected chi connectivity index (χ1v) is 11.4. The van der Waals surface area contributed by atoms with Crippen molar-refractivity contribution in [3.8, 4) is 0 Å². The smallest absolute Gasteiger partial charge is 0.224 e. The number of benzene rings is 1. The molecule has 0 radical (unpaired) electrons. The summed E-state index contributed by atoms with van der Waals surface area (Å²) in [7, 11) is 0. The Morgan fingerprint density at radius 3 is 2.74 bits per heavy atom. The van der Waals surface area contributed by atoms with Crippen LogP contribution in [-0.4, -0.2) is 30.1 Å². The lowest BCUT2D eigenvalue weighted by molar-refractivity contribution is -0.117. The number of anilines is 2. The van der Waals surface area contributed by atoms with Crippen molar-refractivity contribution in [2.24, 2.45) is 11.8 Å². The Morgan fingerprint density at radius 1 is 1.23 bits per heavy atom. The van der Waals surface area contributed by atoms with Gasteiger partial charge in [-0.05, 0) is 73.1 Å². The second-order valence-corrected chi connectivity index (χ2v) is 9.19. The van der Waals surface area contributed by atoms with Gasteiger partial charge in [-0.25, -0.2) is 4.98 Å². The molecule has 0 spiro atoms. The van der Waals surface area contributed by atoms with Gasteiger partial charge in [0.2, 0.25) is 5.91 Å². The molecule has 0 saturated heterocycles. The summed E-state index contributed by atoms with van der Waals surface area (Å²) in [5.41, 5.74) is 5.79. The van der Waals surface area contributed by atoms with E-state index in [9.17, 15) is 4.79 Å². The van der Waals surface area contributed by atoms with Crippen LogP contribution >= 0.6 is 0 Å². The van der Waals surface area contributed by atoms with Crippen LogP contribution in [0.15, 0.2) is 42.5 Å². The molecular weight excluding hydrogens is 386 g/mol. The summed E-state index contributed by atoms with van der Waals surface area (Å²) in [4.78, 5) is 19.6. The average Bonchev–Trinajstić information content (AvgIpc) is 3.60. The molecule has 162 valence electrons. The Labute approximate surface area is 184 Å². The fourth-order valence-electron chi connectivity index (χ4n) is 5.34. The zero-order valence-electron chi connectivity index (χ0n) is 18.6. The van der Waals surface area contributed by atoms with Crippen molar-refractivity contribution in [1.29, 1.82) is 0 Å². The molecule has 1 saturated carbocycles. The van der Waals surface area contributed by atoms with E-state index < -0.39 is 0 Å². The van der Waals surface area contributed by atoms with Crippen molar-refractivity contribution < 1.29 is 9.53 Å². The number of aryl methyl sites for hydroxylation is 1. The van der Waals surface area contributed by atoms with E-state index in [2.05, 4.69) is 41.4 Å². The highest BCUT2D eigenvalue weighted by atomic mass is 16.5. The number of ether oxygens (including phenoxy) is 1. The largest absolute Gasteiger partial charge is 0.377 e. The van der Waals surface area contributed by atoms with Crippen molar-refractivity contribution in [3.05, 3.63) is 59.3 Å². The maximum atomic E-state index is 12.8. The van der Waals surface area contributed by atoms with Crippen molar-refractivity contribution >= 4 is 23.0 Å². The van der Waals surface area contributed by atoms with E-state index >= 15 is 0 Å². The third-order valence-corrected chi connectivity index (χ3v) is 6.95. The Morgan fingerprint density at radius 2 is 2.06 bits per heavy atom. The Balaban J connectivity index is 1.61. The van der Waals surface area contributed by atoms with Crippen LogP contribution in [0.5, 0.6) is 0 Å². The van der Waals surface area contributed by atoms with Gasteiger partial charge in [-0.3, -0.25) is 4.79 Å². The van der Waals surface area contributed by atoms with Crippen LogP contribution in [0.1, 0.15) is 56.0 Å². The molecule has 5 rings (SSSR count). The standard InChI is InChI=1S/C26H31N3O2/c1-16-5-4-6-24(27-16)28-25-17(2)26(20-7-8-20)29(18(3)30)23-10-9-21(15-22(23)25)19-11-13-31-14-12-19/h4-6,9-11,15,17,20,25-26H,7-8,12-14H2,1-3H3,(H,27,28)/t17-,25-,26?/m1/s1. The molecule has 1 aliphatic carbocycles. The molecule has 1 unspecified atom stereocenters. The van der Waals surface area contributed by atoms with Crippen LogP contribution in [0.4, 0.5) is 11.5 Å². The van der Waals surface area contributed by atoms with E-state index in [1.165, 1.54) is 29.5 Å². The highest BCUT2D eigenvalue weighted by Crippen LogP contribution is 2.50. The van der Waals surface area contributed by atoms with Gasteiger partial charge in [0.05, 0.1) is 19.3 Å². The van der Waals surface area contributed by atoms with Crippen molar-refractivity contribution in [1.82, 2.24) is 4.98 Å². The summed E-state index contributed by atoms with van der Waals surface area (Å²) in [6, 6.07) is 13.0. The van der Waals surface area contributed by atoms with E-state index in [0.717, 1.165) is 30.2 Å². The number of nitrogens with one attached hydrogen (secondary N) is 1. The number of carbonyl (C=O) groups excluding carboxylic acids is 1. The molecule has 1 aromatic carbocycles. The van der Waals surface area contributed by atoms with Gasteiger partial charge in [-0.1, -0.05) is 25.1 Å². The van der Waals surface area contributed by atoms with E-state index in [0.29, 0.717) is 12.5 Å². The monoisotopic (exact) mass is 417 g/mol. The van der Waals surface area contributed by atoms with Gasteiger partial charge < -0.3 is 15.0 Å². The van der Waals surface area contributed by atoms with Crippen LogP contribution < -0.4 is 10.2 Å². The fraction of sp³-hybridized carbons (Fsp3) is 0.462. The SMILES string of the molecule is CC(=O)N1c2ccc(C3=CCOCC3)cc2[C@H](Nc2cccc(C)n2)[C@@H](C)C1C1CC1. The lowest BCUT2D eigenvalue weighted by Gasteiger charge is -2.46. The second-order valence-electron chi connectivity index (χ2n) is 9.19. The highest BCUT2D eigenvalue weighted by molar-refractivity contribution is 5.94. The van der Waals surface area contributed by atoms with Crippen LogP contribution in [-0.2, 0) is 9.53 Å². The molecule has 2 aliphatic heterocycles. The predicted molar refractivity (Wildman–Crippen MR) is 124 cm³/mol. The van der Waals surface area contributed by atoms with Crippen LogP contribution in [0.2, 0.25) is 0 Å². The first-order chi connectivity index (χ1) is 15.0. The molecular formula is C26H31N3O2.